The van der Waals surface area contributed by atoms with Gasteiger partial charge >= 0.3 is 0 Å². The third-order valence-electron chi connectivity index (χ3n) is 3.35. The van der Waals surface area contributed by atoms with Crippen LogP contribution < -0.4 is 10.5 Å². The number of ether oxygens (including phenoxy) is 2. The summed E-state index contributed by atoms with van der Waals surface area (Å²) in [6.45, 7) is 0.621. The fourth-order valence-electron chi connectivity index (χ4n) is 2.30. The number of hydrogen-bond donors (Lipinski definition) is 1. The molecule has 1 saturated carbocycles. The molecule has 2 N–H and O–H groups in total. The van der Waals surface area contributed by atoms with Crippen molar-refractivity contribution in [2.45, 2.75) is 44.4 Å². The summed E-state index contributed by atoms with van der Waals surface area (Å²) in [6, 6.07) is 8.19. The lowest BCUT2D eigenvalue weighted by molar-refractivity contribution is 0.00398. The van der Waals surface area contributed by atoms with Gasteiger partial charge in [-0.3, -0.25) is 0 Å². The summed E-state index contributed by atoms with van der Waals surface area (Å²) in [4.78, 5) is 0. The Hall–Kier alpha value is -1.06. The lowest BCUT2D eigenvalue weighted by Crippen LogP contribution is -2.39. The predicted molar refractivity (Wildman–Crippen MR) is 68.0 cm³/mol. The van der Waals surface area contributed by atoms with Crippen molar-refractivity contribution >= 4 is 0 Å². The SMILES string of the molecule is COc1cccc(CO[C@@H]2CCCC[C@@H]2N)c1. The van der Waals surface area contributed by atoms with Gasteiger partial charge in [-0.2, -0.15) is 0 Å². The highest BCUT2D eigenvalue weighted by Gasteiger charge is 2.22. The van der Waals surface area contributed by atoms with E-state index >= 15 is 0 Å². The summed E-state index contributed by atoms with van der Waals surface area (Å²) in [5.74, 6) is 0.874. The van der Waals surface area contributed by atoms with Crippen LogP contribution in [0.25, 0.3) is 0 Å². The highest BCUT2D eigenvalue weighted by molar-refractivity contribution is 5.27. The minimum absolute atomic E-state index is 0.203. The molecule has 0 amide bonds. The van der Waals surface area contributed by atoms with E-state index in [0.717, 1.165) is 24.2 Å². The maximum Gasteiger partial charge on any atom is 0.119 e. The van der Waals surface area contributed by atoms with Gasteiger partial charge in [-0.25, -0.2) is 0 Å². The Bertz CT molecular complexity index is 354. The minimum atomic E-state index is 0.203. The highest BCUT2D eigenvalue weighted by atomic mass is 16.5. The first-order chi connectivity index (χ1) is 8.29. The first-order valence-electron chi connectivity index (χ1n) is 6.29. The molecule has 0 unspecified atom stereocenters. The van der Waals surface area contributed by atoms with Gasteiger partial charge in [-0.05, 0) is 30.5 Å². The molecule has 0 bridgehead atoms. The van der Waals surface area contributed by atoms with Crippen LogP contribution in [0.4, 0.5) is 0 Å². The van der Waals surface area contributed by atoms with E-state index in [1.165, 1.54) is 12.8 Å². The van der Waals surface area contributed by atoms with Crippen LogP contribution in [0.3, 0.4) is 0 Å². The molecular formula is C14H21NO2. The first kappa shape index (κ1) is 12.4. The molecule has 1 fully saturated rings. The molecular weight excluding hydrogens is 214 g/mol. The molecule has 0 spiro atoms. The third-order valence-corrected chi connectivity index (χ3v) is 3.35. The number of nitrogens with two attached hydrogens (primary N) is 1. The molecule has 2 atom stereocenters. The number of benzene rings is 1. The van der Waals surface area contributed by atoms with Crippen LogP contribution >= 0.6 is 0 Å². The van der Waals surface area contributed by atoms with Gasteiger partial charge in [-0.15, -0.1) is 0 Å². The van der Waals surface area contributed by atoms with E-state index < -0.39 is 0 Å². The van der Waals surface area contributed by atoms with Crippen molar-refractivity contribution < 1.29 is 9.47 Å². The molecule has 0 saturated heterocycles. The van der Waals surface area contributed by atoms with Crippen LogP contribution in [-0.2, 0) is 11.3 Å². The highest BCUT2D eigenvalue weighted by Crippen LogP contribution is 2.21. The molecule has 0 aromatic heterocycles. The third kappa shape index (κ3) is 3.45. The molecule has 1 aliphatic rings. The average molecular weight is 235 g/mol. The van der Waals surface area contributed by atoms with Crippen molar-refractivity contribution in [3.63, 3.8) is 0 Å². The van der Waals surface area contributed by atoms with Crippen molar-refractivity contribution in [1.29, 1.82) is 0 Å². The Balaban J connectivity index is 1.88. The lowest BCUT2D eigenvalue weighted by atomic mass is 9.93. The minimum Gasteiger partial charge on any atom is -0.497 e. The maximum absolute atomic E-state index is 6.05. The van der Waals surface area contributed by atoms with Gasteiger partial charge in [0.1, 0.15) is 5.75 Å². The Morgan fingerprint density at radius 1 is 1.29 bits per heavy atom. The Kier molecular flexibility index (Phi) is 4.40. The lowest BCUT2D eigenvalue weighted by Gasteiger charge is -2.28. The van der Waals surface area contributed by atoms with Gasteiger partial charge < -0.3 is 15.2 Å². The van der Waals surface area contributed by atoms with Crippen molar-refractivity contribution in [3.8, 4) is 5.75 Å². The maximum atomic E-state index is 6.05. The molecule has 0 heterocycles. The monoisotopic (exact) mass is 235 g/mol. The van der Waals surface area contributed by atoms with E-state index in [9.17, 15) is 0 Å². The Morgan fingerprint density at radius 3 is 2.88 bits per heavy atom. The first-order valence-corrected chi connectivity index (χ1v) is 6.29. The topological polar surface area (TPSA) is 44.5 Å². The molecule has 3 nitrogen and oxygen atoms in total. The van der Waals surface area contributed by atoms with E-state index in [0.29, 0.717) is 6.61 Å². The normalized spacial score (nSPS) is 24.6. The van der Waals surface area contributed by atoms with Crippen LogP contribution in [0.1, 0.15) is 31.2 Å². The van der Waals surface area contributed by atoms with Crippen LogP contribution in [0, 0.1) is 0 Å². The zero-order valence-corrected chi connectivity index (χ0v) is 10.4. The zero-order valence-electron chi connectivity index (χ0n) is 10.4. The average Bonchev–Trinajstić information content (AvgIpc) is 2.38. The number of rotatable bonds is 4. The summed E-state index contributed by atoms with van der Waals surface area (Å²) in [7, 11) is 1.68. The Morgan fingerprint density at radius 2 is 2.12 bits per heavy atom. The van der Waals surface area contributed by atoms with E-state index in [2.05, 4.69) is 6.07 Å². The van der Waals surface area contributed by atoms with Crippen LogP contribution in [0.2, 0.25) is 0 Å². The summed E-state index contributed by atoms with van der Waals surface area (Å²) >= 11 is 0. The summed E-state index contributed by atoms with van der Waals surface area (Å²) in [6.07, 6.45) is 4.86. The van der Waals surface area contributed by atoms with Gasteiger partial charge in [-0.1, -0.05) is 25.0 Å². The molecule has 0 radical (unpaired) electrons. The van der Waals surface area contributed by atoms with Gasteiger partial charge in [0.25, 0.3) is 0 Å². The van der Waals surface area contributed by atoms with Gasteiger partial charge in [0, 0.05) is 6.04 Å². The van der Waals surface area contributed by atoms with Crippen LogP contribution in [-0.4, -0.2) is 19.3 Å². The summed E-state index contributed by atoms with van der Waals surface area (Å²) in [5.41, 5.74) is 7.19. The van der Waals surface area contributed by atoms with Crippen molar-refractivity contribution in [1.82, 2.24) is 0 Å². The smallest absolute Gasteiger partial charge is 0.119 e. The molecule has 17 heavy (non-hydrogen) atoms. The van der Waals surface area contributed by atoms with E-state index in [1.807, 2.05) is 18.2 Å². The molecule has 3 heteroatoms. The Labute approximate surface area is 103 Å². The van der Waals surface area contributed by atoms with Gasteiger partial charge in [0.2, 0.25) is 0 Å². The largest absolute Gasteiger partial charge is 0.497 e. The van der Waals surface area contributed by atoms with Gasteiger partial charge in [0.05, 0.1) is 19.8 Å². The van der Waals surface area contributed by atoms with Crippen LogP contribution in [0.15, 0.2) is 24.3 Å². The standard InChI is InChI=1S/C14H21NO2/c1-16-12-6-4-5-11(9-12)10-17-14-8-3-2-7-13(14)15/h4-6,9,13-14H,2-3,7-8,10,15H2,1H3/t13-,14+/m0/s1. The van der Waals surface area contributed by atoms with E-state index in [-0.39, 0.29) is 12.1 Å². The van der Waals surface area contributed by atoms with E-state index in [1.54, 1.807) is 7.11 Å². The van der Waals surface area contributed by atoms with Crippen molar-refractivity contribution in [2.24, 2.45) is 5.73 Å². The number of hydrogen-bond acceptors (Lipinski definition) is 3. The molecule has 2 rings (SSSR count). The molecule has 0 aliphatic heterocycles. The zero-order chi connectivity index (χ0) is 12.1. The molecule has 1 aromatic rings. The van der Waals surface area contributed by atoms with Crippen LogP contribution in [0.5, 0.6) is 5.75 Å². The van der Waals surface area contributed by atoms with Crippen molar-refractivity contribution in [3.05, 3.63) is 29.8 Å². The second-order valence-electron chi connectivity index (χ2n) is 4.65. The van der Waals surface area contributed by atoms with E-state index in [4.69, 9.17) is 15.2 Å². The second kappa shape index (κ2) is 6.03. The number of methoxy groups -OCH3 is 1. The van der Waals surface area contributed by atoms with Crippen molar-refractivity contribution in [2.75, 3.05) is 7.11 Å². The molecule has 94 valence electrons. The van der Waals surface area contributed by atoms with Gasteiger partial charge in [0.15, 0.2) is 0 Å². The summed E-state index contributed by atoms with van der Waals surface area (Å²) in [5, 5.41) is 0. The quantitative estimate of drug-likeness (QED) is 0.872. The predicted octanol–water partition coefficient (Wildman–Crippen LogP) is 2.48. The summed E-state index contributed by atoms with van der Waals surface area (Å²) < 4.78 is 11.1. The molecule has 1 aliphatic carbocycles. The molecule has 1 aromatic carbocycles. The fraction of sp³-hybridized carbons (Fsp3) is 0.571. The second-order valence-corrected chi connectivity index (χ2v) is 4.65. The fourth-order valence-corrected chi connectivity index (χ4v) is 2.30.